The molecular weight excluding hydrogens is 328 g/mol. The molecule has 0 atom stereocenters. The molecule has 5 nitrogen and oxygen atoms in total. The van der Waals surface area contributed by atoms with Crippen LogP contribution in [0.15, 0.2) is 60.7 Å². The first-order chi connectivity index (χ1) is 12.6. The van der Waals surface area contributed by atoms with Crippen LogP contribution in [-0.2, 0) is 16.0 Å². The molecule has 0 bridgehead atoms. The van der Waals surface area contributed by atoms with E-state index in [2.05, 4.69) is 0 Å². The van der Waals surface area contributed by atoms with E-state index in [9.17, 15) is 9.59 Å². The van der Waals surface area contributed by atoms with Gasteiger partial charge in [-0.3, -0.25) is 9.59 Å². The van der Waals surface area contributed by atoms with Gasteiger partial charge in [-0.15, -0.1) is 0 Å². The minimum atomic E-state index is -0.415. The quantitative estimate of drug-likeness (QED) is 0.705. The monoisotopic (exact) mass is 352 g/mol. The largest absolute Gasteiger partial charge is 0.497 e. The summed E-state index contributed by atoms with van der Waals surface area (Å²) in [5, 5.41) is 0. The molecule has 0 aliphatic carbocycles. The van der Waals surface area contributed by atoms with Gasteiger partial charge in [0.15, 0.2) is 0 Å². The number of nitrogens with zero attached hydrogens (tertiary/aromatic N) is 1. The molecule has 0 unspecified atom stereocenters. The van der Waals surface area contributed by atoms with Crippen molar-refractivity contribution in [3.05, 3.63) is 71.8 Å². The standard InChI is InChI=1S/C21H24N2O3/c1-26-19-10-7-18(8-11-19)9-12-21(25)23(16-14-20(22)24)15-13-17-5-3-2-4-6-17/h2-12H,13-16H2,1H3,(H2,22,24)/b12-9+. The molecule has 136 valence electrons. The second-order valence-corrected chi connectivity index (χ2v) is 5.88. The lowest BCUT2D eigenvalue weighted by Gasteiger charge is -2.20. The van der Waals surface area contributed by atoms with E-state index in [1.807, 2.05) is 54.6 Å². The van der Waals surface area contributed by atoms with Gasteiger partial charge < -0.3 is 15.4 Å². The summed E-state index contributed by atoms with van der Waals surface area (Å²) in [5.41, 5.74) is 7.28. The van der Waals surface area contributed by atoms with Crippen molar-refractivity contribution in [3.8, 4) is 5.75 Å². The minimum absolute atomic E-state index is 0.141. The van der Waals surface area contributed by atoms with Gasteiger partial charge in [-0.1, -0.05) is 42.5 Å². The molecule has 2 rings (SSSR count). The highest BCUT2D eigenvalue weighted by Crippen LogP contribution is 2.12. The first-order valence-electron chi connectivity index (χ1n) is 8.52. The van der Waals surface area contributed by atoms with Crippen molar-refractivity contribution < 1.29 is 14.3 Å². The number of methoxy groups -OCH3 is 1. The van der Waals surface area contributed by atoms with Crippen molar-refractivity contribution in [1.82, 2.24) is 4.90 Å². The van der Waals surface area contributed by atoms with Crippen LogP contribution >= 0.6 is 0 Å². The van der Waals surface area contributed by atoms with Crippen LogP contribution in [0.1, 0.15) is 17.5 Å². The van der Waals surface area contributed by atoms with E-state index < -0.39 is 5.91 Å². The number of benzene rings is 2. The molecule has 0 aromatic heterocycles. The van der Waals surface area contributed by atoms with Gasteiger partial charge >= 0.3 is 0 Å². The lowest BCUT2D eigenvalue weighted by Crippen LogP contribution is -2.34. The molecule has 0 saturated heterocycles. The van der Waals surface area contributed by atoms with Gasteiger partial charge in [0.1, 0.15) is 5.75 Å². The van der Waals surface area contributed by atoms with Gasteiger partial charge in [0.25, 0.3) is 0 Å². The van der Waals surface area contributed by atoms with Gasteiger partial charge in [0.05, 0.1) is 7.11 Å². The molecule has 0 aliphatic heterocycles. The summed E-state index contributed by atoms with van der Waals surface area (Å²) >= 11 is 0. The molecule has 0 spiro atoms. The van der Waals surface area contributed by atoms with Crippen LogP contribution in [-0.4, -0.2) is 36.9 Å². The Labute approximate surface area is 154 Å². The molecule has 2 N–H and O–H groups in total. The second-order valence-electron chi connectivity index (χ2n) is 5.88. The number of hydrogen-bond acceptors (Lipinski definition) is 3. The zero-order valence-electron chi connectivity index (χ0n) is 14.9. The summed E-state index contributed by atoms with van der Waals surface area (Å²) in [6, 6.07) is 17.4. The van der Waals surface area contributed by atoms with Crippen LogP contribution in [0.3, 0.4) is 0 Å². The Morgan fingerprint density at radius 3 is 2.35 bits per heavy atom. The van der Waals surface area contributed by atoms with Crippen molar-refractivity contribution in [2.75, 3.05) is 20.2 Å². The number of rotatable bonds is 9. The number of ether oxygens (including phenoxy) is 1. The van der Waals surface area contributed by atoms with Crippen LogP contribution in [0, 0.1) is 0 Å². The van der Waals surface area contributed by atoms with Crippen molar-refractivity contribution >= 4 is 17.9 Å². The zero-order chi connectivity index (χ0) is 18.8. The summed E-state index contributed by atoms with van der Waals surface area (Å²) in [7, 11) is 1.61. The topological polar surface area (TPSA) is 72.6 Å². The average Bonchev–Trinajstić information content (AvgIpc) is 2.67. The maximum atomic E-state index is 12.5. The summed E-state index contributed by atoms with van der Waals surface area (Å²) in [6.07, 6.45) is 4.15. The van der Waals surface area contributed by atoms with E-state index in [0.29, 0.717) is 13.1 Å². The van der Waals surface area contributed by atoms with E-state index in [1.165, 1.54) is 6.08 Å². The van der Waals surface area contributed by atoms with Gasteiger partial charge in [-0.25, -0.2) is 0 Å². The Bertz CT molecular complexity index is 740. The van der Waals surface area contributed by atoms with E-state index in [-0.39, 0.29) is 12.3 Å². The highest BCUT2D eigenvalue weighted by Gasteiger charge is 2.12. The number of nitrogens with two attached hydrogens (primary N) is 1. The third-order valence-electron chi connectivity index (χ3n) is 3.99. The average molecular weight is 352 g/mol. The summed E-state index contributed by atoms with van der Waals surface area (Å²) < 4.78 is 5.12. The molecule has 0 heterocycles. The number of carbonyl (C=O) groups excluding carboxylic acids is 2. The van der Waals surface area contributed by atoms with Crippen LogP contribution in [0.2, 0.25) is 0 Å². The SMILES string of the molecule is COc1ccc(/C=C/C(=O)N(CCC(N)=O)CCc2ccccc2)cc1. The van der Waals surface area contributed by atoms with E-state index in [4.69, 9.17) is 10.5 Å². The van der Waals surface area contributed by atoms with E-state index in [1.54, 1.807) is 18.1 Å². The van der Waals surface area contributed by atoms with Gasteiger partial charge in [-0.05, 0) is 35.8 Å². The second kappa shape index (κ2) is 10.0. The fourth-order valence-electron chi connectivity index (χ4n) is 2.47. The Balaban J connectivity index is 2.00. The van der Waals surface area contributed by atoms with Crippen molar-refractivity contribution in [3.63, 3.8) is 0 Å². The van der Waals surface area contributed by atoms with Gasteiger partial charge in [0, 0.05) is 25.6 Å². The Kier molecular flexibility index (Phi) is 7.43. The molecule has 26 heavy (non-hydrogen) atoms. The van der Waals surface area contributed by atoms with E-state index >= 15 is 0 Å². The fourth-order valence-corrected chi connectivity index (χ4v) is 2.47. The zero-order valence-corrected chi connectivity index (χ0v) is 14.9. The van der Waals surface area contributed by atoms with Crippen LogP contribution < -0.4 is 10.5 Å². The summed E-state index contributed by atoms with van der Waals surface area (Å²) in [6.45, 7) is 0.844. The Morgan fingerprint density at radius 2 is 1.73 bits per heavy atom. The molecule has 2 amide bonds. The Morgan fingerprint density at radius 1 is 1.04 bits per heavy atom. The smallest absolute Gasteiger partial charge is 0.246 e. The fraction of sp³-hybridized carbons (Fsp3) is 0.238. The molecule has 2 aromatic rings. The molecule has 2 aromatic carbocycles. The van der Waals surface area contributed by atoms with Crippen LogP contribution in [0.4, 0.5) is 0 Å². The van der Waals surface area contributed by atoms with Gasteiger partial charge in [-0.2, -0.15) is 0 Å². The molecule has 5 heteroatoms. The van der Waals surface area contributed by atoms with Crippen LogP contribution in [0.25, 0.3) is 6.08 Å². The third-order valence-corrected chi connectivity index (χ3v) is 3.99. The normalized spacial score (nSPS) is 10.7. The summed E-state index contributed by atoms with van der Waals surface area (Å²) in [5.74, 6) is 0.207. The van der Waals surface area contributed by atoms with Crippen molar-refractivity contribution in [2.24, 2.45) is 5.73 Å². The number of hydrogen-bond donors (Lipinski definition) is 1. The maximum absolute atomic E-state index is 12.5. The lowest BCUT2D eigenvalue weighted by atomic mass is 10.1. The molecular formula is C21H24N2O3. The van der Waals surface area contributed by atoms with Crippen molar-refractivity contribution in [2.45, 2.75) is 12.8 Å². The number of amides is 2. The predicted molar refractivity (Wildman–Crippen MR) is 103 cm³/mol. The molecule has 0 saturated carbocycles. The molecule has 0 aliphatic rings. The summed E-state index contributed by atoms with van der Waals surface area (Å²) in [4.78, 5) is 25.3. The molecule has 0 radical (unpaired) electrons. The lowest BCUT2D eigenvalue weighted by molar-refractivity contribution is -0.126. The first kappa shape index (κ1) is 19.2. The Hall–Kier alpha value is -3.08. The van der Waals surface area contributed by atoms with E-state index in [0.717, 1.165) is 23.3 Å². The third kappa shape index (κ3) is 6.43. The maximum Gasteiger partial charge on any atom is 0.246 e. The number of carbonyl (C=O) groups is 2. The predicted octanol–water partition coefficient (Wildman–Crippen LogP) is 2.66. The highest BCUT2D eigenvalue weighted by atomic mass is 16.5. The van der Waals surface area contributed by atoms with Crippen LogP contribution in [0.5, 0.6) is 5.75 Å². The van der Waals surface area contributed by atoms with Crippen molar-refractivity contribution in [1.29, 1.82) is 0 Å². The minimum Gasteiger partial charge on any atom is -0.497 e. The number of primary amides is 1. The van der Waals surface area contributed by atoms with Gasteiger partial charge in [0.2, 0.25) is 11.8 Å². The molecule has 0 fully saturated rings. The first-order valence-corrected chi connectivity index (χ1v) is 8.52. The highest BCUT2D eigenvalue weighted by molar-refractivity contribution is 5.92.